The van der Waals surface area contributed by atoms with Crippen molar-refractivity contribution in [3.05, 3.63) is 88.6 Å². The minimum Gasteiger partial charge on any atom is -0.478 e. The van der Waals surface area contributed by atoms with Gasteiger partial charge in [-0.3, -0.25) is 14.8 Å². The van der Waals surface area contributed by atoms with Gasteiger partial charge >= 0.3 is 5.97 Å². The number of fused-ring (bicyclic) bond motifs is 1. The molecule has 0 bridgehead atoms. The van der Waals surface area contributed by atoms with Crippen LogP contribution in [0.3, 0.4) is 0 Å². The zero-order valence-electron chi connectivity index (χ0n) is 14.1. The molecule has 0 aliphatic heterocycles. The third-order valence-corrected chi connectivity index (χ3v) is 4.21. The maximum absolute atomic E-state index is 12.8. The van der Waals surface area contributed by atoms with Crippen LogP contribution in [0, 0.1) is 0 Å². The van der Waals surface area contributed by atoms with Gasteiger partial charge in [-0.1, -0.05) is 12.1 Å². The largest absolute Gasteiger partial charge is 0.478 e. The average Bonchev–Trinajstić information content (AvgIpc) is 2.71. The molecular weight excluding hydrogens is 344 g/mol. The maximum atomic E-state index is 12.8. The molecule has 1 aromatic carbocycles. The van der Waals surface area contributed by atoms with E-state index < -0.39 is 5.97 Å². The van der Waals surface area contributed by atoms with Crippen molar-refractivity contribution in [3.8, 4) is 11.3 Å². The van der Waals surface area contributed by atoms with Gasteiger partial charge in [-0.05, 0) is 42.0 Å². The van der Waals surface area contributed by atoms with E-state index in [-0.39, 0.29) is 17.7 Å². The molecule has 0 unspecified atom stereocenters. The van der Waals surface area contributed by atoms with Gasteiger partial charge in [0.05, 0.1) is 12.1 Å². The van der Waals surface area contributed by atoms with Crippen molar-refractivity contribution in [1.29, 1.82) is 0 Å². The molecule has 0 spiro atoms. The molecule has 0 saturated heterocycles. The van der Waals surface area contributed by atoms with Crippen LogP contribution in [-0.2, 0) is 6.54 Å². The molecule has 3 heterocycles. The minimum absolute atomic E-state index is 0.186. The van der Waals surface area contributed by atoms with Crippen LogP contribution in [0.25, 0.3) is 22.2 Å². The van der Waals surface area contributed by atoms with Crippen molar-refractivity contribution < 1.29 is 9.90 Å². The molecule has 0 aliphatic rings. The van der Waals surface area contributed by atoms with Crippen LogP contribution in [0.1, 0.15) is 15.9 Å². The number of hydrogen-bond acceptors (Lipinski definition) is 5. The van der Waals surface area contributed by atoms with Crippen LogP contribution < -0.4 is 5.56 Å². The minimum atomic E-state index is -0.997. The number of carboxylic acids is 1. The molecule has 27 heavy (non-hydrogen) atoms. The Kier molecular flexibility index (Phi) is 4.18. The molecule has 4 aromatic rings. The summed E-state index contributed by atoms with van der Waals surface area (Å²) in [4.78, 5) is 32.1. The van der Waals surface area contributed by atoms with E-state index in [1.807, 2.05) is 12.1 Å². The van der Waals surface area contributed by atoms with Crippen LogP contribution in [0.15, 0.2) is 71.9 Å². The van der Waals surface area contributed by atoms with Gasteiger partial charge in [0.15, 0.2) is 0 Å². The summed E-state index contributed by atoms with van der Waals surface area (Å²) < 4.78 is 1.37. The standard InChI is InChI=1S/C20H14N4O3/c25-19-18-16(2-1-9-22-18)17(14-3-5-15(6-4-14)20(26)27)23-24(19)12-13-7-10-21-11-8-13/h1-11H,12H2,(H,26,27). The summed E-state index contributed by atoms with van der Waals surface area (Å²) in [5.41, 5.74) is 2.39. The number of hydrogen-bond donors (Lipinski definition) is 1. The summed E-state index contributed by atoms with van der Waals surface area (Å²) >= 11 is 0. The van der Waals surface area contributed by atoms with E-state index in [1.165, 1.54) is 16.8 Å². The predicted octanol–water partition coefficient (Wildman–Crippen LogP) is 2.60. The highest BCUT2D eigenvalue weighted by atomic mass is 16.4. The Morgan fingerprint density at radius 1 is 1.00 bits per heavy atom. The van der Waals surface area contributed by atoms with E-state index in [0.717, 1.165) is 5.56 Å². The van der Waals surface area contributed by atoms with Crippen LogP contribution in [-0.4, -0.2) is 30.8 Å². The molecule has 7 nitrogen and oxygen atoms in total. The third kappa shape index (κ3) is 3.18. The second-order valence-electron chi connectivity index (χ2n) is 5.95. The predicted molar refractivity (Wildman–Crippen MR) is 99.5 cm³/mol. The zero-order valence-corrected chi connectivity index (χ0v) is 14.1. The van der Waals surface area contributed by atoms with Gasteiger partial charge in [0.1, 0.15) is 11.2 Å². The molecule has 0 atom stereocenters. The molecule has 132 valence electrons. The summed E-state index contributed by atoms with van der Waals surface area (Å²) in [7, 11) is 0. The Hall–Kier alpha value is -3.87. The second-order valence-corrected chi connectivity index (χ2v) is 5.95. The smallest absolute Gasteiger partial charge is 0.335 e. The monoisotopic (exact) mass is 358 g/mol. The van der Waals surface area contributed by atoms with Crippen molar-refractivity contribution in [2.24, 2.45) is 0 Å². The summed E-state index contributed by atoms with van der Waals surface area (Å²) in [6.45, 7) is 0.286. The average molecular weight is 358 g/mol. The number of pyridine rings is 2. The Bertz CT molecular complexity index is 1190. The van der Waals surface area contributed by atoms with Crippen LogP contribution in [0.4, 0.5) is 0 Å². The first-order valence-electron chi connectivity index (χ1n) is 8.22. The van der Waals surface area contributed by atoms with Gasteiger partial charge in [-0.2, -0.15) is 5.10 Å². The molecular formula is C20H14N4O3. The Morgan fingerprint density at radius 2 is 1.74 bits per heavy atom. The van der Waals surface area contributed by atoms with Crippen molar-refractivity contribution in [1.82, 2.24) is 19.7 Å². The lowest BCUT2D eigenvalue weighted by molar-refractivity contribution is 0.0697. The number of aromatic nitrogens is 4. The molecule has 0 fully saturated rings. The summed E-state index contributed by atoms with van der Waals surface area (Å²) in [6, 6.07) is 13.6. The van der Waals surface area contributed by atoms with Crippen LogP contribution in [0.5, 0.6) is 0 Å². The molecule has 4 rings (SSSR count). The number of aromatic carboxylic acids is 1. The third-order valence-electron chi connectivity index (χ3n) is 4.21. The highest BCUT2D eigenvalue weighted by Crippen LogP contribution is 2.24. The maximum Gasteiger partial charge on any atom is 0.335 e. The van der Waals surface area contributed by atoms with E-state index in [2.05, 4.69) is 15.1 Å². The van der Waals surface area contributed by atoms with Crippen molar-refractivity contribution in [2.45, 2.75) is 6.54 Å². The van der Waals surface area contributed by atoms with Crippen molar-refractivity contribution >= 4 is 16.9 Å². The quantitative estimate of drug-likeness (QED) is 0.602. The zero-order chi connectivity index (χ0) is 18.8. The molecule has 0 aliphatic carbocycles. The summed E-state index contributed by atoms with van der Waals surface area (Å²) in [5, 5.41) is 14.2. The van der Waals surface area contributed by atoms with Gasteiger partial charge in [0.2, 0.25) is 0 Å². The Labute approximate surface area is 153 Å². The number of nitrogens with zero attached hydrogens (tertiary/aromatic N) is 4. The topological polar surface area (TPSA) is 98.0 Å². The molecule has 0 radical (unpaired) electrons. The van der Waals surface area contributed by atoms with Crippen LogP contribution in [0.2, 0.25) is 0 Å². The first-order valence-corrected chi connectivity index (χ1v) is 8.22. The molecule has 0 saturated carbocycles. The molecule has 1 N–H and O–H groups in total. The van der Waals surface area contributed by atoms with Gasteiger partial charge < -0.3 is 5.11 Å². The van der Waals surface area contributed by atoms with Gasteiger partial charge in [-0.15, -0.1) is 0 Å². The fraction of sp³-hybridized carbons (Fsp3) is 0.0500. The first kappa shape index (κ1) is 16.6. The second kappa shape index (κ2) is 6.80. The van der Waals surface area contributed by atoms with Crippen molar-refractivity contribution in [2.75, 3.05) is 0 Å². The lowest BCUT2D eigenvalue weighted by Gasteiger charge is -2.11. The fourth-order valence-electron chi connectivity index (χ4n) is 2.86. The first-order chi connectivity index (χ1) is 13.1. The SMILES string of the molecule is O=C(O)c1ccc(-c2nn(Cc3ccncc3)c(=O)c3ncccc23)cc1. The number of carbonyl (C=O) groups is 1. The van der Waals surface area contributed by atoms with E-state index in [1.54, 1.807) is 42.9 Å². The number of rotatable bonds is 4. The lowest BCUT2D eigenvalue weighted by Crippen LogP contribution is -2.25. The number of carboxylic acid groups (broad SMARTS) is 1. The normalized spacial score (nSPS) is 10.8. The van der Waals surface area contributed by atoms with E-state index in [9.17, 15) is 9.59 Å². The molecule has 7 heteroatoms. The molecule has 3 aromatic heterocycles. The fourth-order valence-corrected chi connectivity index (χ4v) is 2.86. The number of benzene rings is 1. The summed E-state index contributed by atoms with van der Waals surface area (Å²) in [6.07, 6.45) is 4.88. The van der Waals surface area contributed by atoms with E-state index in [4.69, 9.17) is 5.11 Å². The highest BCUT2D eigenvalue weighted by Gasteiger charge is 2.14. The highest BCUT2D eigenvalue weighted by molar-refractivity contribution is 5.93. The van der Waals surface area contributed by atoms with Crippen molar-refractivity contribution in [3.63, 3.8) is 0 Å². The lowest BCUT2D eigenvalue weighted by atomic mass is 10.1. The Balaban J connectivity index is 1.90. The molecule has 0 amide bonds. The van der Waals surface area contributed by atoms with Gasteiger partial charge in [0.25, 0.3) is 5.56 Å². The van der Waals surface area contributed by atoms with Gasteiger partial charge in [-0.25, -0.2) is 9.48 Å². The van der Waals surface area contributed by atoms with E-state index in [0.29, 0.717) is 22.2 Å². The van der Waals surface area contributed by atoms with Crippen LogP contribution >= 0.6 is 0 Å². The Morgan fingerprint density at radius 3 is 2.44 bits per heavy atom. The van der Waals surface area contributed by atoms with E-state index >= 15 is 0 Å². The summed E-state index contributed by atoms with van der Waals surface area (Å²) in [5.74, 6) is -0.997. The van der Waals surface area contributed by atoms with Gasteiger partial charge in [0, 0.05) is 29.5 Å².